The molecule has 0 aliphatic rings. The van der Waals surface area contributed by atoms with Gasteiger partial charge in [0, 0.05) is 5.02 Å². The molecular formula is C21H17ClO3. The fraction of sp³-hybridized carbons (Fsp3) is 0.0952. The van der Waals surface area contributed by atoms with Gasteiger partial charge in [-0.3, -0.25) is 4.79 Å². The Morgan fingerprint density at radius 2 is 1.48 bits per heavy atom. The molecule has 0 aromatic heterocycles. The molecule has 0 amide bonds. The minimum atomic E-state index is -0.129. The lowest BCUT2D eigenvalue weighted by Crippen LogP contribution is -2.13. The first-order chi connectivity index (χ1) is 12.2. The van der Waals surface area contributed by atoms with Crippen molar-refractivity contribution in [1.29, 1.82) is 0 Å². The largest absolute Gasteiger partial charge is 0.488 e. The fourth-order valence-corrected chi connectivity index (χ4v) is 2.43. The summed E-state index contributed by atoms with van der Waals surface area (Å²) in [4.78, 5) is 12.5. The third-order valence-corrected chi connectivity index (χ3v) is 3.86. The molecule has 0 fully saturated rings. The molecule has 0 heterocycles. The Kier molecular flexibility index (Phi) is 5.70. The number of carbonyl (C=O) groups excluding carboxylic acids is 1. The van der Waals surface area contributed by atoms with Gasteiger partial charge in [-0.25, -0.2) is 0 Å². The number of benzene rings is 3. The van der Waals surface area contributed by atoms with Crippen LogP contribution in [0.4, 0.5) is 0 Å². The van der Waals surface area contributed by atoms with Crippen LogP contribution in [0.3, 0.4) is 0 Å². The van der Waals surface area contributed by atoms with Gasteiger partial charge < -0.3 is 9.47 Å². The summed E-state index contributed by atoms with van der Waals surface area (Å²) in [6.45, 7) is 0.326. The van der Waals surface area contributed by atoms with Crippen molar-refractivity contribution in [3.63, 3.8) is 0 Å². The number of carbonyl (C=O) groups is 1. The van der Waals surface area contributed by atoms with E-state index in [0.717, 1.165) is 5.56 Å². The number of Topliss-reactive ketones (excluding diaryl/α,β-unsaturated/α-hetero) is 1. The van der Waals surface area contributed by atoms with Crippen molar-refractivity contribution in [3.8, 4) is 11.5 Å². The second-order valence-electron chi connectivity index (χ2n) is 5.44. The number of halogens is 1. The van der Waals surface area contributed by atoms with Gasteiger partial charge in [0.25, 0.3) is 0 Å². The van der Waals surface area contributed by atoms with Crippen molar-refractivity contribution in [2.45, 2.75) is 6.61 Å². The van der Waals surface area contributed by atoms with Gasteiger partial charge in [-0.2, -0.15) is 0 Å². The number of hydrogen-bond acceptors (Lipinski definition) is 3. The molecule has 0 spiro atoms. The lowest BCUT2D eigenvalue weighted by molar-refractivity contribution is 0.0917. The van der Waals surface area contributed by atoms with Crippen LogP contribution in [-0.2, 0) is 6.61 Å². The minimum absolute atomic E-state index is 0.0364. The molecule has 3 nitrogen and oxygen atoms in total. The third kappa shape index (κ3) is 4.85. The quantitative estimate of drug-likeness (QED) is 0.549. The van der Waals surface area contributed by atoms with Crippen LogP contribution < -0.4 is 9.47 Å². The van der Waals surface area contributed by atoms with Gasteiger partial charge in [0.05, 0.1) is 5.56 Å². The molecule has 0 N–H and O–H groups in total. The van der Waals surface area contributed by atoms with E-state index in [1.165, 1.54) is 0 Å². The Hall–Kier alpha value is -2.78. The Bertz CT molecular complexity index is 829. The van der Waals surface area contributed by atoms with Gasteiger partial charge in [0.15, 0.2) is 6.61 Å². The lowest BCUT2D eigenvalue weighted by atomic mass is 10.1. The van der Waals surface area contributed by atoms with Crippen molar-refractivity contribution in [2.24, 2.45) is 0 Å². The zero-order valence-corrected chi connectivity index (χ0v) is 14.3. The number of para-hydroxylation sites is 2. The standard InChI is InChI=1S/C21H17ClO3/c22-17-12-10-16(11-13-17)14-25-21-9-5-4-8-19(21)20(23)15-24-18-6-2-1-3-7-18/h1-13H,14-15H2. The van der Waals surface area contributed by atoms with Crippen molar-refractivity contribution in [3.05, 3.63) is 95.0 Å². The van der Waals surface area contributed by atoms with Crippen LogP contribution in [0.15, 0.2) is 78.9 Å². The van der Waals surface area contributed by atoms with Crippen LogP contribution in [0, 0.1) is 0 Å². The van der Waals surface area contributed by atoms with Gasteiger partial charge in [0.1, 0.15) is 18.1 Å². The first-order valence-corrected chi connectivity index (χ1v) is 8.27. The van der Waals surface area contributed by atoms with Crippen LogP contribution in [0.1, 0.15) is 15.9 Å². The van der Waals surface area contributed by atoms with Gasteiger partial charge in [-0.15, -0.1) is 0 Å². The maximum atomic E-state index is 12.5. The summed E-state index contributed by atoms with van der Waals surface area (Å²) >= 11 is 5.88. The third-order valence-electron chi connectivity index (χ3n) is 3.61. The second-order valence-corrected chi connectivity index (χ2v) is 5.87. The molecule has 25 heavy (non-hydrogen) atoms. The second kappa shape index (κ2) is 8.36. The molecule has 0 atom stereocenters. The highest BCUT2D eigenvalue weighted by Crippen LogP contribution is 2.21. The molecule has 0 aliphatic carbocycles. The maximum Gasteiger partial charge on any atom is 0.203 e. The summed E-state index contributed by atoms with van der Waals surface area (Å²) in [7, 11) is 0. The molecule has 0 aliphatic heterocycles. The van der Waals surface area contributed by atoms with Crippen molar-refractivity contribution < 1.29 is 14.3 Å². The van der Waals surface area contributed by atoms with Gasteiger partial charge in [-0.1, -0.05) is 54.1 Å². The Labute approximate surface area is 151 Å². The van der Waals surface area contributed by atoms with E-state index < -0.39 is 0 Å². The summed E-state index contributed by atoms with van der Waals surface area (Å²) in [5.74, 6) is 1.07. The highest BCUT2D eigenvalue weighted by Gasteiger charge is 2.13. The Balaban J connectivity index is 1.65. The van der Waals surface area contributed by atoms with Crippen LogP contribution in [0.5, 0.6) is 11.5 Å². The predicted octanol–water partition coefficient (Wildman–Crippen LogP) is 5.18. The highest BCUT2D eigenvalue weighted by molar-refractivity contribution is 6.30. The first kappa shape index (κ1) is 17.1. The van der Waals surface area contributed by atoms with Crippen LogP contribution in [0.25, 0.3) is 0 Å². The van der Waals surface area contributed by atoms with E-state index in [1.54, 1.807) is 12.1 Å². The number of hydrogen-bond donors (Lipinski definition) is 0. The van der Waals surface area contributed by atoms with E-state index in [4.69, 9.17) is 21.1 Å². The van der Waals surface area contributed by atoms with Crippen LogP contribution in [0.2, 0.25) is 5.02 Å². The fourth-order valence-electron chi connectivity index (χ4n) is 2.31. The SMILES string of the molecule is O=C(COc1ccccc1)c1ccccc1OCc1ccc(Cl)cc1. The van der Waals surface area contributed by atoms with Gasteiger partial charge >= 0.3 is 0 Å². The lowest BCUT2D eigenvalue weighted by Gasteiger charge is -2.11. The number of ketones is 1. The molecule has 4 heteroatoms. The Morgan fingerprint density at radius 1 is 0.800 bits per heavy atom. The maximum absolute atomic E-state index is 12.5. The van der Waals surface area contributed by atoms with E-state index >= 15 is 0 Å². The first-order valence-electron chi connectivity index (χ1n) is 7.90. The number of rotatable bonds is 7. The van der Waals surface area contributed by atoms with Crippen molar-refractivity contribution in [1.82, 2.24) is 0 Å². The average molecular weight is 353 g/mol. The molecule has 126 valence electrons. The highest BCUT2D eigenvalue weighted by atomic mass is 35.5. The van der Waals surface area contributed by atoms with E-state index in [1.807, 2.05) is 66.7 Å². The van der Waals surface area contributed by atoms with E-state index in [2.05, 4.69) is 0 Å². The van der Waals surface area contributed by atoms with E-state index in [-0.39, 0.29) is 12.4 Å². The molecule has 3 aromatic rings. The smallest absolute Gasteiger partial charge is 0.203 e. The summed E-state index contributed by atoms with van der Waals surface area (Å²) in [6, 6.07) is 23.8. The molecule has 0 bridgehead atoms. The molecular weight excluding hydrogens is 336 g/mol. The normalized spacial score (nSPS) is 10.3. The average Bonchev–Trinajstić information content (AvgIpc) is 2.67. The number of ether oxygens (including phenoxy) is 2. The van der Waals surface area contributed by atoms with Crippen molar-refractivity contribution >= 4 is 17.4 Å². The van der Waals surface area contributed by atoms with Crippen LogP contribution in [-0.4, -0.2) is 12.4 Å². The monoisotopic (exact) mass is 352 g/mol. The molecule has 3 aromatic carbocycles. The summed E-state index contributed by atoms with van der Waals surface area (Å²) in [5, 5.41) is 0.678. The van der Waals surface area contributed by atoms with Crippen molar-refractivity contribution in [2.75, 3.05) is 6.61 Å². The molecule has 0 unspecified atom stereocenters. The van der Waals surface area contributed by atoms with E-state index in [0.29, 0.717) is 28.7 Å². The van der Waals surface area contributed by atoms with Gasteiger partial charge in [0.2, 0.25) is 5.78 Å². The van der Waals surface area contributed by atoms with Gasteiger partial charge in [-0.05, 0) is 42.0 Å². The predicted molar refractivity (Wildman–Crippen MR) is 98.5 cm³/mol. The minimum Gasteiger partial charge on any atom is -0.488 e. The Morgan fingerprint density at radius 3 is 2.24 bits per heavy atom. The topological polar surface area (TPSA) is 35.5 Å². The summed E-state index contributed by atoms with van der Waals surface area (Å²) < 4.78 is 11.4. The molecule has 0 radical (unpaired) electrons. The molecule has 0 saturated heterocycles. The zero-order chi connectivity index (χ0) is 17.5. The van der Waals surface area contributed by atoms with E-state index in [9.17, 15) is 4.79 Å². The summed E-state index contributed by atoms with van der Waals surface area (Å²) in [5.41, 5.74) is 1.49. The molecule has 0 saturated carbocycles. The molecule has 3 rings (SSSR count). The summed E-state index contributed by atoms with van der Waals surface area (Å²) in [6.07, 6.45) is 0. The van der Waals surface area contributed by atoms with Crippen LogP contribution >= 0.6 is 11.6 Å². The zero-order valence-electron chi connectivity index (χ0n) is 13.5.